The van der Waals surface area contributed by atoms with Crippen molar-refractivity contribution >= 4 is 21.8 Å². The lowest BCUT2D eigenvalue weighted by Gasteiger charge is -2.30. The molecule has 1 atom stereocenters. The van der Waals surface area contributed by atoms with Gasteiger partial charge in [0, 0.05) is 42.3 Å². The number of pyridine rings is 1. The van der Waals surface area contributed by atoms with Gasteiger partial charge in [0.1, 0.15) is 0 Å². The van der Waals surface area contributed by atoms with Crippen LogP contribution in [-0.2, 0) is 7.05 Å². The first-order valence-corrected chi connectivity index (χ1v) is 8.49. The Morgan fingerprint density at radius 2 is 2.18 bits per heavy atom. The lowest BCUT2D eigenvalue weighted by atomic mass is 10.1. The highest BCUT2D eigenvalue weighted by atomic mass is 79.9. The SMILES string of the molecule is Cn1cccc1C1CCCCCN1C(=O)c1cncc(Br)c1. The second kappa shape index (κ2) is 6.65. The summed E-state index contributed by atoms with van der Waals surface area (Å²) in [5, 5.41) is 0. The van der Waals surface area contributed by atoms with Gasteiger partial charge < -0.3 is 9.47 Å². The molecule has 1 unspecified atom stereocenters. The number of hydrogen-bond acceptors (Lipinski definition) is 2. The summed E-state index contributed by atoms with van der Waals surface area (Å²) in [5.41, 5.74) is 1.86. The average Bonchev–Trinajstić information content (AvgIpc) is 2.80. The molecule has 0 radical (unpaired) electrons. The highest BCUT2D eigenvalue weighted by Crippen LogP contribution is 2.31. The monoisotopic (exact) mass is 361 g/mol. The normalized spacial score (nSPS) is 19.0. The van der Waals surface area contributed by atoms with Crippen LogP contribution in [0.1, 0.15) is 47.8 Å². The lowest BCUT2D eigenvalue weighted by Crippen LogP contribution is -2.35. The zero-order valence-electron chi connectivity index (χ0n) is 12.7. The zero-order valence-corrected chi connectivity index (χ0v) is 14.3. The molecule has 1 fully saturated rings. The summed E-state index contributed by atoms with van der Waals surface area (Å²) in [6.45, 7) is 0.807. The molecule has 3 rings (SSSR count). The quantitative estimate of drug-likeness (QED) is 0.812. The van der Waals surface area contributed by atoms with Crippen molar-refractivity contribution in [2.24, 2.45) is 7.05 Å². The van der Waals surface area contributed by atoms with Crippen LogP contribution in [0.2, 0.25) is 0 Å². The fourth-order valence-corrected chi connectivity index (χ4v) is 3.54. The second-order valence-electron chi connectivity index (χ2n) is 5.80. The van der Waals surface area contributed by atoms with Gasteiger partial charge in [-0.3, -0.25) is 9.78 Å². The summed E-state index contributed by atoms with van der Waals surface area (Å²) in [5.74, 6) is 0.0712. The van der Waals surface area contributed by atoms with E-state index in [1.54, 1.807) is 12.4 Å². The fourth-order valence-electron chi connectivity index (χ4n) is 3.17. The van der Waals surface area contributed by atoms with Crippen LogP contribution >= 0.6 is 15.9 Å². The van der Waals surface area contributed by atoms with Crippen molar-refractivity contribution in [3.05, 3.63) is 52.5 Å². The van der Waals surface area contributed by atoms with E-state index in [-0.39, 0.29) is 11.9 Å². The molecule has 3 heterocycles. The van der Waals surface area contributed by atoms with E-state index in [0.717, 1.165) is 30.3 Å². The van der Waals surface area contributed by atoms with Crippen LogP contribution in [0.15, 0.2) is 41.3 Å². The summed E-state index contributed by atoms with van der Waals surface area (Å²) in [4.78, 5) is 19.1. The molecule has 2 aromatic rings. The second-order valence-corrected chi connectivity index (χ2v) is 6.72. The molecule has 0 spiro atoms. The molecule has 1 aliphatic rings. The summed E-state index contributed by atoms with van der Waals surface area (Å²) in [7, 11) is 2.05. The minimum atomic E-state index is 0.0712. The third kappa shape index (κ3) is 3.09. The van der Waals surface area contributed by atoms with E-state index in [4.69, 9.17) is 0 Å². The van der Waals surface area contributed by atoms with Crippen LogP contribution in [0.3, 0.4) is 0 Å². The van der Waals surface area contributed by atoms with Gasteiger partial charge >= 0.3 is 0 Å². The minimum Gasteiger partial charge on any atom is -0.353 e. The molecule has 1 saturated heterocycles. The molecule has 22 heavy (non-hydrogen) atoms. The van der Waals surface area contributed by atoms with E-state index in [2.05, 4.69) is 31.5 Å². The Morgan fingerprint density at radius 3 is 2.91 bits per heavy atom. The summed E-state index contributed by atoms with van der Waals surface area (Å²) >= 11 is 3.40. The highest BCUT2D eigenvalue weighted by Gasteiger charge is 2.29. The van der Waals surface area contributed by atoms with Gasteiger partial charge in [-0.15, -0.1) is 0 Å². The van der Waals surface area contributed by atoms with Crippen molar-refractivity contribution in [2.45, 2.75) is 31.7 Å². The van der Waals surface area contributed by atoms with Crippen LogP contribution in [0.25, 0.3) is 0 Å². The van der Waals surface area contributed by atoms with Crippen LogP contribution in [-0.4, -0.2) is 26.9 Å². The predicted octanol–water partition coefficient (Wildman–Crippen LogP) is 3.94. The molecule has 0 bridgehead atoms. The topological polar surface area (TPSA) is 38.1 Å². The standard InChI is InChI=1S/C17H20BrN3O/c1-20-8-5-7-15(20)16-6-3-2-4-9-21(16)17(22)13-10-14(18)12-19-11-13/h5,7-8,10-12,16H,2-4,6,9H2,1H3. The van der Waals surface area contributed by atoms with Crippen molar-refractivity contribution in [1.82, 2.24) is 14.5 Å². The number of halogens is 1. The van der Waals surface area contributed by atoms with Gasteiger partial charge in [-0.05, 0) is 47.0 Å². The number of likely N-dealkylation sites (tertiary alicyclic amines) is 1. The first-order valence-electron chi connectivity index (χ1n) is 7.69. The molecule has 5 heteroatoms. The van der Waals surface area contributed by atoms with Crippen molar-refractivity contribution in [3.63, 3.8) is 0 Å². The molecular weight excluding hydrogens is 342 g/mol. The Kier molecular flexibility index (Phi) is 4.62. The highest BCUT2D eigenvalue weighted by molar-refractivity contribution is 9.10. The first kappa shape index (κ1) is 15.3. The van der Waals surface area contributed by atoms with Crippen LogP contribution in [0.4, 0.5) is 0 Å². The third-order valence-electron chi connectivity index (χ3n) is 4.29. The summed E-state index contributed by atoms with van der Waals surface area (Å²) in [6.07, 6.45) is 9.83. The molecule has 1 aliphatic heterocycles. The van der Waals surface area contributed by atoms with E-state index in [1.807, 2.05) is 30.3 Å². The number of rotatable bonds is 2. The van der Waals surface area contributed by atoms with Gasteiger partial charge in [0.25, 0.3) is 5.91 Å². The van der Waals surface area contributed by atoms with Crippen molar-refractivity contribution in [3.8, 4) is 0 Å². The van der Waals surface area contributed by atoms with Crippen molar-refractivity contribution in [1.29, 1.82) is 0 Å². The summed E-state index contributed by atoms with van der Waals surface area (Å²) in [6, 6.07) is 6.16. The number of carbonyl (C=O) groups excluding carboxylic acids is 1. The molecule has 116 valence electrons. The number of nitrogens with zero attached hydrogens (tertiary/aromatic N) is 3. The van der Waals surface area contributed by atoms with Gasteiger partial charge in [0.05, 0.1) is 11.6 Å². The number of carbonyl (C=O) groups is 1. The molecular formula is C17H20BrN3O. The zero-order chi connectivity index (χ0) is 15.5. The van der Waals surface area contributed by atoms with E-state index >= 15 is 0 Å². The molecule has 0 N–H and O–H groups in total. The van der Waals surface area contributed by atoms with Gasteiger partial charge in [0.2, 0.25) is 0 Å². The predicted molar refractivity (Wildman–Crippen MR) is 89.6 cm³/mol. The largest absolute Gasteiger partial charge is 0.353 e. The molecule has 0 aliphatic carbocycles. The maximum atomic E-state index is 13.0. The van der Waals surface area contributed by atoms with Gasteiger partial charge in [-0.2, -0.15) is 0 Å². The Bertz CT molecular complexity index is 667. The number of amides is 1. The van der Waals surface area contributed by atoms with Crippen molar-refractivity contribution < 1.29 is 4.79 Å². The number of aryl methyl sites for hydroxylation is 1. The Balaban J connectivity index is 1.94. The first-order chi connectivity index (χ1) is 10.7. The number of hydrogen-bond donors (Lipinski definition) is 0. The lowest BCUT2D eigenvalue weighted by molar-refractivity contribution is 0.0674. The van der Waals surface area contributed by atoms with Crippen LogP contribution in [0, 0.1) is 0 Å². The maximum absolute atomic E-state index is 13.0. The molecule has 2 aromatic heterocycles. The Hall–Kier alpha value is -1.62. The van der Waals surface area contributed by atoms with Crippen LogP contribution < -0.4 is 0 Å². The van der Waals surface area contributed by atoms with E-state index < -0.39 is 0 Å². The van der Waals surface area contributed by atoms with Crippen LogP contribution in [0.5, 0.6) is 0 Å². The van der Waals surface area contributed by atoms with Gasteiger partial charge in [-0.1, -0.05) is 12.8 Å². The van der Waals surface area contributed by atoms with Gasteiger partial charge in [-0.25, -0.2) is 0 Å². The molecule has 0 saturated carbocycles. The van der Waals surface area contributed by atoms with E-state index in [9.17, 15) is 4.79 Å². The van der Waals surface area contributed by atoms with E-state index in [0.29, 0.717) is 5.56 Å². The number of aromatic nitrogens is 2. The van der Waals surface area contributed by atoms with Crippen molar-refractivity contribution in [2.75, 3.05) is 6.54 Å². The Morgan fingerprint density at radius 1 is 1.32 bits per heavy atom. The summed E-state index contributed by atoms with van der Waals surface area (Å²) < 4.78 is 2.96. The third-order valence-corrected chi connectivity index (χ3v) is 4.72. The maximum Gasteiger partial charge on any atom is 0.256 e. The molecule has 0 aromatic carbocycles. The Labute approximate surface area is 139 Å². The van der Waals surface area contributed by atoms with E-state index in [1.165, 1.54) is 12.1 Å². The van der Waals surface area contributed by atoms with Gasteiger partial charge in [0.15, 0.2) is 0 Å². The smallest absolute Gasteiger partial charge is 0.256 e. The fraction of sp³-hybridized carbons (Fsp3) is 0.412. The average molecular weight is 362 g/mol. The minimum absolute atomic E-state index is 0.0712. The molecule has 1 amide bonds. The molecule has 4 nitrogen and oxygen atoms in total.